The molecule has 0 aliphatic rings. The van der Waals surface area contributed by atoms with Gasteiger partial charge >= 0.3 is 0 Å². The second-order valence-corrected chi connectivity index (χ2v) is 4.27. The zero-order valence-corrected chi connectivity index (χ0v) is 10.6. The molecule has 0 atom stereocenters. The van der Waals surface area contributed by atoms with Crippen molar-refractivity contribution in [3.63, 3.8) is 0 Å². The highest BCUT2D eigenvalue weighted by Crippen LogP contribution is 2.23. The van der Waals surface area contributed by atoms with E-state index in [2.05, 4.69) is 29.8 Å². The van der Waals surface area contributed by atoms with Crippen LogP contribution in [0.2, 0.25) is 0 Å². The van der Waals surface area contributed by atoms with Crippen molar-refractivity contribution in [1.82, 2.24) is 0 Å². The first-order valence-electron chi connectivity index (χ1n) is 5.12. The molecule has 0 fully saturated rings. The highest BCUT2D eigenvalue weighted by Gasteiger charge is 2.09. The zero-order valence-electron chi connectivity index (χ0n) is 9.00. The molecule has 3 heteroatoms. The highest BCUT2D eigenvalue weighted by molar-refractivity contribution is 9.10. The SMILES string of the molecule is CCC(CC)Oc1ccc(Br)cc1C=O. The first-order chi connectivity index (χ1) is 7.21. The Kier molecular flexibility index (Phi) is 4.82. The van der Waals surface area contributed by atoms with Crippen LogP contribution in [0.15, 0.2) is 22.7 Å². The summed E-state index contributed by atoms with van der Waals surface area (Å²) < 4.78 is 6.63. The molecular formula is C12H15BrO2. The van der Waals surface area contributed by atoms with Crippen molar-refractivity contribution in [2.75, 3.05) is 0 Å². The smallest absolute Gasteiger partial charge is 0.153 e. The average molecular weight is 271 g/mol. The van der Waals surface area contributed by atoms with Crippen LogP contribution in [0, 0.1) is 0 Å². The summed E-state index contributed by atoms with van der Waals surface area (Å²) in [6, 6.07) is 5.47. The van der Waals surface area contributed by atoms with Gasteiger partial charge < -0.3 is 4.74 Å². The van der Waals surface area contributed by atoms with Gasteiger partial charge in [0.25, 0.3) is 0 Å². The Morgan fingerprint density at radius 2 is 2.07 bits per heavy atom. The summed E-state index contributed by atoms with van der Waals surface area (Å²) in [6.07, 6.45) is 2.91. The summed E-state index contributed by atoms with van der Waals surface area (Å²) >= 11 is 3.32. The summed E-state index contributed by atoms with van der Waals surface area (Å²) in [5.74, 6) is 0.668. The Labute approximate surface area is 98.8 Å². The minimum Gasteiger partial charge on any atom is -0.490 e. The van der Waals surface area contributed by atoms with Gasteiger partial charge in [0, 0.05) is 4.47 Å². The third-order valence-electron chi connectivity index (χ3n) is 2.30. The third kappa shape index (κ3) is 3.34. The van der Waals surface area contributed by atoms with Crippen LogP contribution in [-0.4, -0.2) is 12.4 Å². The summed E-state index contributed by atoms with van der Waals surface area (Å²) in [5, 5.41) is 0. The van der Waals surface area contributed by atoms with Crippen LogP contribution in [0.4, 0.5) is 0 Å². The minimum atomic E-state index is 0.185. The Bertz CT molecular complexity index is 332. The Hall–Kier alpha value is -0.830. The second-order valence-electron chi connectivity index (χ2n) is 3.36. The molecule has 0 saturated heterocycles. The van der Waals surface area contributed by atoms with Gasteiger partial charge in [-0.05, 0) is 31.0 Å². The van der Waals surface area contributed by atoms with E-state index in [0.29, 0.717) is 11.3 Å². The fourth-order valence-corrected chi connectivity index (χ4v) is 1.73. The molecule has 0 N–H and O–H groups in total. The molecule has 2 nitrogen and oxygen atoms in total. The molecule has 15 heavy (non-hydrogen) atoms. The van der Waals surface area contributed by atoms with Gasteiger partial charge in [0.1, 0.15) is 5.75 Å². The predicted molar refractivity (Wildman–Crippen MR) is 64.5 cm³/mol. The van der Waals surface area contributed by atoms with Gasteiger partial charge in [0.2, 0.25) is 0 Å². The van der Waals surface area contributed by atoms with E-state index in [4.69, 9.17) is 4.74 Å². The van der Waals surface area contributed by atoms with Crippen LogP contribution in [0.1, 0.15) is 37.0 Å². The maximum Gasteiger partial charge on any atom is 0.153 e. The molecule has 1 aromatic carbocycles. The largest absolute Gasteiger partial charge is 0.490 e. The number of hydrogen-bond donors (Lipinski definition) is 0. The van der Waals surface area contributed by atoms with Gasteiger partial charge in [-0.2, -0.15) is 0 Å². The molecule has 1 aromatic rings. The maximum atomic E-state index is 10.8. The Morgan fingerprint density at radius 1 is 1.40 bits per heavy atom. The van der Waals surface area contributed by atoms with Crippen molar-refractivity contribution in [3.8, 4) is 5.75 Å². The molecule has 0 bridgehead atoms. The molecule has 0 heterocycles. The molecule has 0 aromatic heterocycles. The molecule has 0 amide bonds. The molecule has 0 aliphatic heterocycles. The molecule has 0 aliphatic carbocycles. The number of ether oxygens (including phenoxy) is 1. The summed E-state index contributed by atoms with van der Waals surface area (Å²) in [5.41, 5.74) is 0.594. The zero-order chi connectivity index (χ0) is 11.3. The van der Waals surface area contributed by atoms with E-state index in [-0.39, 0.29) is 6.10 Å². The van der Waals surface area contributed by atoms with Crippen LogP contribution < -0.4 is 4.74 Å². The van der Waals surface area contributed by atoms with Crippen LogP contribution in [0.25, 0.3) is 0 Å². The van der Waals surface area contributed by atoms with E-state index in [1.165, 1.54) is 0 Å². The van der Waals surface area contributed by atoms with E-state index < -0.39 is 0 Å². The van der Waals surface area contributed by atoms with Gasteiger partial charge in [-0.25, -0.2) is 0 Å². The summed E-state index contributed by atoms with van der Waals surface area (Å²) in [4.78, 5) is 10.8. The minimum absolute atomic E-state index is 0.185. The van der Waals surface area contributed by atoms with Crippen molar-refractivity contribution in [3.05, 3.63) is 28.2 Å². The lowest BCUT2D eigenvalue weighted by molar-refractivity contribution is 0.111. The second kappa shape index (κ2) is 5.91. The molecule has 0 saturated carbocycles. The highest BCUT2D eigenvalue weighted by atomic mass is 79.9. The van der Waals surface area contributed by atoms with Crippen LogP contribution >= 0.6 is 15.9 Å². The van der Waals surface area contributed by atoms with Crippen LogP contribution in [-0.2, 0) is 0 Å². The third-order valence-corrected chi connectivity index (χ3v) is 2.80. The Balaban J connectivity index is 2.88. The van der Waals surface area contributed by atoms with Gasteiger partial charge in [-0.15, -0.1) is 0 Å². The number of carbonyl (C=O) groups is 1. The lowest BCUT2D eigenvalue weighted by Gasteiger charge is -2.16. The van der Waals surface area contributed by atoms with Crippen LogP contribution in [0.3, 0.4) is 0 Å². The predicted octanol–water partition coefficient (Wildman–Crippen LogP) is 3.83. The molecular weight excluding hydrogens is 256 g/mol. The van der Waals surface area contributed by atoms with E-state index in [9.17, 15) is 4.79 Å². The van der Waals surface area contributed by atoms with Gasteiger partial charge in [-0.1, -0.05) is 29.8 Å². The molecule has 0 unspecified atom stereocenters. The van der Waals surface area contributed by atoms with E-state index in [1.54, 1.807) is 6.07 Å². The number of benzene rings is 1. The standard InChI is InChI=1S/C12H15BrO2/c1-3-11(4-2)15-12-6-5-10(13)7-9(12)8-14/h5-8,11H,3-4H2,1-2H3. The fourth-order valence-electron chi connectivity index (χ4n) is 1.35. The van der Waals surface area contributed by atoms with Gasteiger partial charge in [0.15, 0.2) is 6.29 Å². The van der Waals surface area contributed by atoms with Gasteiger partial charge in [-0.3, -0.25) is 4.79 Å². The first-order valence-corrected chi connectivity index (χ1v) is 5.91. The van der Waals surface area contributed by atoms with E-state index in [1.807, 2.05) is 12.1 Å². The molecule has 0 radical (unpaired) electrons. The lowest BCUT2D eigenvalue weighted by Crippen LogP contribution is -2.14. The van der Waals surface area contributed by atoms with E-state index >= 15 is 0 Å². The molecule has 0 spiro atoms. The van der Waals surface area contributed by atoms with Crippen molar-refractivity contribution < 1.29 is 9.53 Å². The molecule has 1 rings (SSSR count). The average Bonchev–Trinajstić information content (AvgIpc) is 2.27. The monoisotopic (exact) mass is 270 g/mol. The maximum absolute atomic E-state index is 10.8. The van der Waals surface area contributed by atoms with E-state index in [0.717, 1.165) is 23.6 Å². The lowest BCUT2D eigenvalue weighted by atomic mass is 10.2. The number of rotatable bonds is 5. The van der Waals surface area contributed by atoms with Crippen molar-refractivity contribution in [2.45, 2.75) is 32.8 Å². The quantitative estimate of drug-likeness (QED) is 0.761. The number of halogens is 1. The normalized spacial score (nSPS) is 10.4. The summed E-state index contributed by atoms with van der Waals surface area (Å²) in [7, 11) is 0. The number of carbonyl (C=O) groups excluding carboxylic acids is 1. The summed E-state index contributed by atoms with van der Waals surface area (Å²) in [6.45, 7) is 4.15. The van der Waals surface area contributed by atoms with Crippen molar-refractivity contribution in [2.24, 2.45) is 0 Å². The van der Waals surface area contributed by atoms with Crippen LogP contribution in [0.5, 0.6) is 5.75 Å². The van der Waals surface area contributed by atoms with Crippen molar-refractivity contribution >= 4 is 22.2 Å². The van der Waals surface area contributed by atoms with Crippen molar-refractivity contribution in [1.29, 1.82) is 0 Å². The Morgan fingerprint density at radius 3 is 2.60 bits per heavy atom. The van der Waals surface area contributed by atoms with Gasteiger partial charge in [0.05, 0.1) is 11.7 Å². The first kappa shape index (κ1) is 12.2. The molecule has 82 valence electrons. The fraction of sp³-hybridized carbons (Fsp3) is 0.417. The number of aldehydes is 1. The number of hydrogen-bond acceptors (Lipinski definition) is 2. The topological polar surface area (TPSA) is 26.3 Å².